The van der Waals surface area contributed by atoms with Gasteiger partial charge in [0.15, 0.2) is 5.82 Å². The molecule has 1 rings (SSSR count). The Morgan fingerprint density at radius 1 is 1.53 bits per heavy atom. The van der Waals surface area contributed by atoms with Crippen LogP contribution in [0.1, 0.15) is 25.1 Å². The van der Waals surface area contributed by atoms with Crippen LogP contribution in [0.2, 0.25) is 0 Å². The SMILES string of the molecule is CCSCCC(=O)N(C)CCc1noc(C)n1. The van der Waals surface area contributed by atoms with Crippen molar-refractivity contribution in [1.82, 2.24) is 15.0 Å². The third-order valence-electron chi connectivity index (χ3n) is 2.33. The van der Waals surface area contributed by atoms with Crippen LogP contribution in [-0.2, 0) is 11.2 Å². The lowest BCUT2D eigenvalue weighted by molar-refractivity contribution is -0.129. The fourth-order valence-corrected chi connectivity index (χ4v) is 1.94. The maximum atomic E-state index is 11.7. The molecule has 0 N–H and O–H groups in total. The molecule has 0 aromatic carbocycles. The van der Waals surface area contributed by atoms with Gasteiger partial charge in [0.1, 0.15) is 0 Å². The van der Waals surface area contributed by atoms with E-state index < -0.39 is 0 Å². The molecule has 0 atom stereocenters. The van der Waals surface area contributed by atoms with Crippen molar-refractivity contribution in [2.75, 3.05) is 25.1 Å². The van der Waals surface area contributed by atoms with Crippen molar-refractivity contribution in [1.29, 1.82) is 0 Å². The summed E-state index contributed by atoms with van der Waals surface area (Å²) in [6.07, 6.45) is 1.24. The van der Waals surface area contributed by atoms with E-state index in [4.69, 9.17) is 4.52 Å². The number of amides is 1. The Morgan fingerprint density at radius 3 is 2.88 bits per heavy atom. The van der Waals surface area contributed by atoms with Crippen molar-refractivity contribution in [3.05, 3.63) is 11.7 Å². The molecule has 0 aliphatic rings. The Labute approximate surface area is 106 Å². The molecule has 1 amide bonds. The van der Waals surface area contributed by atoms with Crippen molar-refractivity contribution >= 4 is 17.7 Å². The number of aromatic nitrogens is 2. The van der Waals surface area contributed by atoms with Gasteiger partial charge in [-0.15, -0.1) is 0 Å². The van der Waals surface area contributed by atoms with Crippen molar-refractivity contribution < 1.29 is 9.32 Å². The van der Waals surface area contributed by atoms with Crippen LogP contribution in [0.3, 0.4) is 0 Å². The molecule has 0 radical (unpaired) electrons. The quantitative estimate of drug-likeness (QED) is 0.693. The molecule has 96 valence electrons. The zero-order valence-electron chi connectivity index (χ0n) is 10.6. The molecule has 0 spiro atoms. The lowest BCUT2D eigenvalue weighted by Gasteiger charge is -2.15. The predicted molar refractivity (Wildman–Crippen MR) is 68.0 cm³/mol. The van der Waals surface area contributed by atoms with Gasteiger partial charge in [-0.25, -0.2) is 0 Å². The topological polar surface area (TPSA) is 59.2 Å². The minimum Gasteiger partial charge on any atom is -0.345 e. The van der Waals surface area contributed by atoms with Gasteiger partial charge >= 0.3 is 0 Å². The van der Waals surface area contributed by atoms with Gasteiger partial charge in [-0.3, -0.25) is 4.79 Å². The van der Waals surface area contributed by atoms with Gasteiger partial charge in [-0.2, -0.15) is 16.7 Å². The minimum absolute atomic E-state index is 0.172. The van der Waals surface area contributed by atoms with Gasteiger partial charge in [0.2, 0.25) is 11.8 Å². The summed E-state index contributed by atoms with van der Waals surface area (Å²) in [6.45, 7) is 4.49. The molecule has 0 aliphatic carbocycles. The Hall–Kier alpha value is -1.04. The summed E-state index contributed by atoms with van der Waals surface area (Å²) in [5.74, 6) is 3.34. The molecule has 0 bridgehead atoms. The van der Waals surface area contributed by atoms with E-state index in [0.29, 0.717) is 31.1 Å². The van der Waals surface area contributed by atoms with Crippen LogP contribution in [0.15, 0.2) is 4.52 Å². The zero-order valence-corrected chi connectivity index (χ0v) is 11.4. The number of aryl methyl sites for hydroxylation is 1. The minimum atomic E-state index is 0.172. The molecule has 0 unspecified atom stereocenters. The average molecular weight is 257 g/mol. The highest BCUT2D eigenvalue weighted by atomic mass is 32.2. The van der Waals surface area contributed by atoms with Gasteiger partial charge in [0, 0.05) is 39.1 Å². The van der Waals surface area contributed by atoms with Crippen molar-refractivity contribution in [3.8, 4) is 0 Å². The smallest absolute Gasteiger partial charge is 0.223 e. The molecule has 0 fully saturated rings. The van der Waals surface area contributed by atoms with Crippen LogP contribution >= 0.6 is 11.8 Å². The van der Waals surface area contributed by atoms with Gasteiger partial charge < -0.3 is 9.42 Å². The number of nitrogens with zero attached hydrogens (tertiary/aromatic N) is 3. The number of carbonyl (C=O) groups excluding carboxylic acids is 1. The van der Waals surface area contributed by atoms with E-state index in [-0.39, 0.29) is 5.91 Å². The number of likely N-dealkylation sites (N-methyl/N-ethyl adjacent to an activating group) is 1. The highest BCUT2D eigenvalue weighted by molar-refractivity contribution is 7.99. The van der Waals surface area contributed by atoms with Crippen molar-refractivity contribution in [2.24, 2.45) is 0 Å². The van der Waals surface area contributed by atoms with Gasteiger partial charge in [-0.1, -0.05) is 12.1 Å². The number of thioether (sulfide) groups is 1. The molecular formula is C11H19N3O2S. The third kappa shape index (κ3) is 5.21. The molecule has 5 nitrogen and oxygen atoms in total. The summed E-state index contributed by atoms with van der Waals surface area (Å²) in [4.78, 5) is 17.5. The largest absolute Gasteiger partial charge is 0.345 e. The van der Waals surface area contributed by atoms with Gasteiger partial charge in [-0.05, 0) is 5.75 Å². The monoisotopic (exact) mass is 257 g/mol. The van der Waals surface area contributed by atoms with E-state index in [1.165, 1.54) is 0 Å². The normalized spacial score (nSPS) is 10.5. The van der Waals surface area contributed by atoms with E-state index in [1.54, 1.807) is 23.6 Å². The lowest BCUT2D eigenvalue weighted by atomic mass is 10.3. The molecule has 17 heavy (non-hydrogen) atoms. The van der Waals surface area contributed by atoms with Crippen LogP contribution in [0.4, 0.5) is 0 Å². The summed E-state index contributed by atoms with van der Waals surface area (Å²) in [7, 11) is 1.81. The number of carbonyl (C=O) groups is 1. The summed E-state index contributed by atoms with van der Waals surface area (Å²) >= 11 is 1.78. The molecule has 1 heterocycles. The molecule has 6 heteroatoms. The highest BCUT2D eigenvalue weighted by Crippen LogP contribution is 2.04. The third-order valence-corrected chi connectivity index (χ3v) is 3.23. The zero-order chi connectivity index (χ0) is 12.7. The van der Waals surface area contributed by atoms with E-state index in [0.717, 1.165) is 11.5 Å². The maximum absolute atomic E-state index is 11.7. The molecule has 0 saturated heterocycles. The Balaban J connectivity index is 2.24. The van der Waals surface area contributed by atoms with Gasteiger partial charge in [0.05, 0.1) is 0 Å². The summed E-state index contributed by atoms with van der Waals surface area (Å²) in [5.41, 5.74) is 0. The standard InChI is InChI=1S/C11H19N3O2S/c1-4-17-8-6-11(15)14(3)7-5-10-12-9(2)16-13-10/h4-8H2,1-3H3. The first kappa shape index (κ1) is 14.0. The van der Waals surface area contributed by atoms with Crippen LogP contribution in [-0.4, -0.2) is 46.0 Å². The van der Waals surface area contributed by atoms with Crippen LogP contribution < -0.4 is 0 Å². The van der Waals surface area contributed by atoms with Crippen molar-refractivity contribution in [3.63, 3.8) is 0 Å². The summed E-state index contributed by atoms with van der Waals surface area (Å²) in [5, 5.41) is 3.79. The summed E-state index contributed by atoms with van der Waals surface area (Å²) in [6, 6.07) is 0. The first-order chi connectivity index (χ1) is 8.13. The fourth-order valence-electron chi connectivity index (χ4n) is 1.33. The molecule has 0 aliphatic heterocycles. The Kier molecular flexibility index (Phi) is 6.04. The summed E-state index contributed by atoms with van der Waals surface area (Å²) < 4.78 is 4.87. The first-order valence-electron chi connectivity index (χ1n) is 5.74. The molecular weight excluding hydrogens is 238 g/mol. The number of rotatable bonds is 7. The molecule has 1 aromatic heterocycles. The maximum Gasteiger partial charge on any atom is 0.223 e. The molecule has 1 aromatic rings. The first-order valence-corrected chi connectivity index (χ1v) is 6.89. The molecule has 0 saturated carbocycles. The van der Waals surface area contributed by atoms with Crippen molar-refractivity contribution in [2.45, 2.75) is 26.7 Å². The highest BCUT2D eigenvalue weighted by Gasteiger charge is 2.10. The fraction of sp³-hybridized carbons (Fsp3) is 0.727. The number of hydrogen-bond donors (Lipinski definition) is 0. The van der Waals surface area contributed by atoms with E-state index in [9.17, 15) is 4.79 Å². The number of hydrogen-bond acceptors (Lipinski definition) is 5. The second-order valence-electron chi connectivity index (χ2n) is 3.74. The van der Waals surface area contributed by atoms with Gasteiger partial charge in [0.25, 0.3) is 0 Å². The Bertz CT molecular complexity index is 354. The van der Waals surface area contributed by atoms with Crippen LogP contribution in [0.5, 0.6) is 0 Å². The average Bonchev–Trinajstić information content (AvgIpc) is 2.72. The van der Waals surface area contributed by atoms with E-state index >= 15 is 0 Å². The lowest BCUT2D eigenvalue weighted by Crippen LogP contribution is -2.29. The second kappa shape index (κ2) is 7.32. The van der Waals surface area contributed by atoms with E-state index in [1.807, 2.05) is 7.05 Å². The van der Waals surface area contributed by atoms with Crippen LogP contribution in [0, 0.1) is 6.92 Å². The second-order valence-corrected chi connectivity index (χ2v) is 5.14. The Morgan fingerprint density at radius 2 is 2.29 bits per heavy atom. The predicted octanol–water partition coefficient (Wildman–Crippen LogP) is 1.52. The van der Waals surface area contributed by atoms with E-state index in [2.05, 4.69) is 17.1 Å². The van der Waals surface area contributed by atoms with Crippen LogP contribution in [0.25, 0.3) is 0 Å².